The number of rotatable bonds is 4. The Labute approximate surface area is 67.0 Å². The molecule has 0 aromatic heterocycles. The number of carbonyl (C=O) groups is 1. The maximum absolute atomic E-state index is 10.9. The van der Waals surface area contributed by atoms with Gasteiger partial charge in [0.1, 0.15) is 0 Å². The van der Waals surface area contributed by atoms with E-state index in [1.807, 2.05) is 20.8 Å². The summed E-state index contributed by atoms with van der Waals surface area (Å²) in [5, 5.41) is 0. The fourth-order valence-electron chi connectivity index (χ4n) is 0.437. The van der Waals surface area contributed by atoms with Crippen LogP contribution in [-0.4, -0.2) is 18.1 Å². The lowest BCUT2D eigenvalue weighted by Crippen LogP contribution is -2.41. The first-order chi connectivity index (χ1) is 5.07. The fourth-order valence-corrected chi connectivity index (χ4v) is 0.437. The van der Waals surface area contributed by atoms with E-state index in [0.717, 1.165) is 0 Å². The van der Waals surface area contributed by atoms with Gasteiger partial charge in [-0.05, 0) is 20.3 Å². The van der Waals surface area contributed by atoms with Gasteiger partial charge in [-0.25, -0.2) is 5.48 Å². The maximum atomic E-state index is 10.9. The second-order valence-electron chi connectivity index (χ2n) is 2.65. The zero-order chi connectivity index (χ0) is 8.85. The number of hydrogen-bond donors (Lipinski definition) is 2. The molecule has 0 fully saturated rings. The average Bonchev–Trinajstić information content (AvgIpc) is 1.98. The van der Waals surface area contributed by atoms with Crippen molar-refractivity contribution < 1.29 is 9.63 Å². The standard InChI is InChI=1S/C7H16N2O2/c1-4-6(8)7(10)9-11-5(2)3/h5-6H,4,8H2,1-3H3,(H,9,10)/t6-/m1/s1. The van der Waals surface area contributed by atoms with Crippen molar-refractivity contribution >= 4 is 5.91 Å². The van der Waals surface area contributed by atoms with E-state index >= 15 is 0 Å². The van der Waals surface area contributed by atoms with Crippen molar-refractivity contribution in [3.05, 3.63) is 0 Å². The lowest BCUT2D eigenvalue weighted by molar-refractivity contribution is -0.138. The van der Waals surface area contributed by atoms with Crippen LogP contribution in [0.4, 0.5) is 0 Å². The van der Waals surface area contributed by atoms with E-state index in [1.54, 1.807) is 0 Å². The summed E-state index contributed by atoms with van der Waals surface area (Å²) in [4.78, 5) is 15.8. The molecule has 4 nitrogen and oxygen atoms in total. The van der Waals surface area contributed by atoms with Gasteiger partial charge in [0.2, 0.25) is 0 Å². The van der Waals surface area contributed by atoms with Crippen LogP contribution in [0.15, 0.2) is 0 Å². The van der Waals surface area contributed by atoms with Crippen molar-refractivity contribution in [3.8, 4) is 0 Å². The van der Waals surface area contributed by atoms with Crippen molar-refractivity contribution in [1.29, 1.82) is 0 Å². The second-order valence-corrected chi connectivity index (χ2v) is 2.65. The molecule has 1 amide bonds. The summed E-state index contributed by atoms with van der Waals surface area (Å²) in [5.41, 5.74) is 7.68. The van der Waals surface area contributed by atoms with Gasteiger partial charge < -0.3 is 5.73 Å². The number of nitrogens with two attached hydrogens (primary N) is 1. The third-order valence-electron chi connectivity index (χ3n) is 1.17. The van der Waals surface area contributed by atoms with Gasteiger partial charge in [-0.3, -0.25) is 9.63 Å². The lowest BCUT2D eigenvalue weighted by atomic mass is 10.2. The van der Waals surface area contributed by atoms with E-state index in [2.05, 4.69) is 5.48 Å². The Bertz CT molecular complexity index is 126. The molecule has 0 rings (SSSR count). The van der Waals surface area contributed by atoms with Crippen LogP contribution in [0.3, 0.4) is 0 Å². The van der Waals surface area contributed by atoms with Gasteiger partial charge in [0.05, 0.1) is 12.1 Å². The molecule has 66 valence electrons. The molecule has 0 bridgehead atoms. The maximum Gasteiger partial charge on any atom is 0.260 e. The zero-order valence-electron chi connectivity index (χ0n) is 7.26. The normalized spacial score (nSPS) is 13.2. The molecule has 0 aliphatic heterocycles. The highest BCUT2D eigenvalue weighted by atomic mass is 16.7. The molecule has 0 unspecified atom stereocenters. The number of nitrogens with one attached hydrogen (secondary N) is 1. The van der Waals surface area contributed by atoms with Gasteiger partial charge in [0, 0.05) is 0 Å². The van der Waals surface area contributed by atoms with E-state index in [9.17, 15) is 4.79 Å². The molecule has 4 heteroatoms. The van der Waals surface area contributed by atoms with Crippen molar-refractivity contribution in [2.45, 2.75) is 39.3 Å². The number of hydrogen-bond acceptors (Lipinski definition) is 3. The van der Waals surface area contributed by atoms with Crippen LogP contribution in [0.2, 0.25) is 0 Å². The summed E-state index contributed by atoms with van der Waals surface area (Å²) < 4.78 is 0. The third-order valence-corrected chi connectivity index (χ3v) is 1.17. The summed E-state index contributed by atoms with van der Waals surface area (Å²) in [6, 6.07) is -0.464. The summed E-state index contributed by atoms with van der Waals surface area (Å²) in [7, 11) is 0. The second kappa shape index (κ2) is 5.09. The topological polar surface area (TPSA) is 64.4 Å². The predicted octanol–water partition coefficient (Wildman–Crippen LogP) is 0.180. The van der Waals surface area contributed by atoms with E-state index < -0.39 is 6.04 Å². The molecule has 0 saturated heterocycles. The quantitative estimate of drug-likeness (QED) is 0.576. The molecule has 0 heterocycles. The molecule has 1 atom stereocenters. The van der Waals surface area contributed by atoms with Gasteiger partial charge in [-0.15, -0.1) is 0 Å². The molecule has 0 aliphatic rings. The van der Waals surface area contributed by atoms with Crippen LogP contribution in [0.1, 0.15) is 27.2 Å². The van der Waals surface area contributed by atoms with E-state index in [4.69, 9.17) is 10.6 Å². The first-order valence-corrected chi connectivity index (χ1v) is 3.79. The van der Waals surface area contributed by atoms with E-state index in [-0.39, 0.29) is 12.0 Å². The molecule has 3 N–H and O–H groups in total. The van der Waals surface area contributed by atoms with Crippen molar-refractivity contribution in [2.24, 2.45) is 5.73 Å². The van der Waals surface area contributed by atoms with Crippen molar-refractivity contribution in [1.82, 2.24) is 5.48 Å². The van der Waals surface area contributed by atoms with Gasteiger partial charge >= 0.3 is 0 Å². The Morgan fingerprint density at radius 2 is 2.18 bits per heavy atom. The highest BCUT2D eigenvalue weighted by Crippen LogP contribution is 1.87. The van der Waals surface area contributed by atoms with Crippen molar-refractivity contribution in [2.75, 3.05) is 0 Å². The Hall–Kier alpha value is -0.610. The van der Waals surface area contributed by atoms with Gasteiger partial charge in [0.15, 0.2) is 0 Å². The highest BCUT2D eigenvalue weighted by molar-refractivity contribution is 5.80. The van der Waals surface area contributed by atoms with Crippen LogP contribution in [0.5, 0.6) is 0 Å². The Kier molecular flexibility index (Phi) is 4.81. The van der Waals surface area contributed by atoms with Gasteiger partial charge in [0.25, 0.3) is 5.91 Å². The Morgan fingerprint density at radius 1 is 1.64 bits per heavy atom. The Morgan fingerprint density at radius 3 is 2.55 bits per heavy atom. The van der Waals surface area contributed by atoms with Gasteiger partial charge in [-0.1, -0.05) is 6.92 Å². The molecule has 0 aliphatic carbocycles. The first-order valence-electron chi connectivity index (χ1n) is 3.79. The summed E-state index contributed by atoms with van der Waals surface area (Å²) >= 11 is 0. The number of amides is 1. The molecule has 0 aromatic rings. The smallest absolute Gasteiger partial charge is 0.260 e. The minimum Gasteiger partial charge on any atom is -0.320 e. The zero-order valence-corrected chi connectivity index (χ0v) is 7.26. The largest absolute Gasteiger partial charge is 0.320 e. The monoisotopic (exact) mass is 160 g/mol. The molecule has 0 radical (unpaired) electrons. The molecular weight excluding hydrogens is 144 g/mol. The summed E-state index contributed by atoms with van der Waals surface area (Å²) in [6.07, 6.45) is 0.607. The molecule has 11 heavy (non-hydrogen) atoms. The van der Waals surface area contributed by atoms with E-state index in [1.165, 1.54) is 0 Å². The minimum absolute atomic E-state index is 0.0111. The molecular formula is C7H16N2O2. The summed E-state index contributed by atoms with van der Waals surface area (Å²) in [5.74, 6) is -0.263. The first kappa shape index (κ1) is 10.4. The minimum atomic E-state index is -0.464. The highest BCUT2D eigenvalue weighted by Gasteiger charge is 2.10. The molecule has 0 aromatic carbocycles. The predicted molar refractivity (Wildman–Crippen MR) is 42.6 cm³/mol. The number of hydroxylamine groups is 1. The van der Waals surface area contributed by atoms with Gasteiger partial charge in [-0.2, -0.15) is 0 Å². The SMILES string of the molecule is CC[C@@H](N)C(=O)NOC(C)C. The number of carbonyl (C=O) groups excluding carboxylic acids is 1. The van der Waals surface area contributed by atoms with Crippen LogP contribution < -0.4 is 11.2 Å². The third kappa shape index (κ3) is 4.75. The molecule has 0 saturated carbocycles. The van der Waals surface area contributed by atoms with Crippen LogP contribution >= 0.6 is 0 Å². The van der Waals surface area contributed by atoms with Crippen molar-refractivity contribution in [3.63, 3.8) is 0 Å². The molecule has 0 spiro atoms. The fraction of sp³-hybridized carbons (Fsp3) is 0.857. The van der Waals surface area contributed by atoms with Crippen LogP contribution in [0, 0.1) is 0 Å². The van der Waals surface area contributed by atoms with Crippen LogP contribution in [-0.2, 0) is 9.63 Å². The summed E-state index contributed by atoms with van der Waals surface area (Å²) in [6.45, 7) is 5.51. The Balaban J connectivity index is 3.52. The van der Waals surface area contributed by atoms with Crippen LogP contribution in [0.25, 0.3) is 0 Å². The lowest BCUT2D eigenvalue weighted by Gasteiger charge is -2.11. The van der Waals surface area contributed by atoms with E-state index in [0.29, 0.717) is 6.42 Å². The average molecular weight is 160 g/mol.